The number of carboxylic acids is 1. The van der Waals surface area contributed by atoms with Crippen LogP contribution in [-0.4, -0.2) is 39.7 Å². The lowest BCUT2D eigenvalue weighted by atomic mass is 10.1. The summed E-state index contributed by atoms with van der Waals surface area (Å²) in [6.07, 6.45) is 3.37. The number of benzene rings is 1. The zero-order chi connectivity index (χ0) is 20.8. The molecule has 0 saturated heterocycles. The quantitative estimate of drug-likeness (QED) is 0.472. The summed E-state index contributed by atoms with van der Waals surface area (Å²) in [5.41, 5.74) is 3.33. The summed E-state index contributed by atoms with van der Waals surface area (Å²) in [5, 5.41) is 8.66. The Labute approximate surface area is 174 Å². The number of fused-ring (bicyclic) bond motifs is 1. The maximum Gasteiger partial charge on any atom is 0.345 e. The third-order valence-electron chi connectivity index (χ3n) is 4.56. The highest BCUT2D eigenvalue weighted by Gasteiger charge is 2.19. The average Bonchev–Trinajstić information content (AvgIpc) is 3.34. The normalized spacial score (nSPS) is 12.0. The fraction of sp³-hybridized carbons (Fsp3) is 0.150. The van der Waals surface area contributed by atoms with Crippen LogP contribution < -0.4 is 0 Å². The Balaban J connectivity index is 0.00000171. The van der Waals surface area contributed by atoms with Crippen molar-refractivity contribution in [2.45, 2.75) is 24.0 Å². The van der Waals surface area contributed by atoms with Gasteiger partial charge in [0.25, 0.3) is 0 Å². The first-order valence-electron chi connectivity index (χ1n) is 8.79. The third kappa shape index (κ3) is 3.43. The van der Waals surface area contributed by atoms with Crippen LogP contribution in [0.3, 0.4) is 0 Å². The molecule has 0 aliphatic rings. The van der Waals surface area contributed by atoms with Crippen molar-refractivity contribution in [1.82, 2.24) is 15.0 Å². The van der Waals surface area contributed by atoms with Crippen LogP contribution >= 0.6 is 11.3 Å². The summed E-state index contributed by atoms with van der Waals surface area (Å²) >= 11 is 1.17. The van der Waals surface area contributed by atoms with Crippen LogP contribution in [0.5, 0.6) is 0 Å². The second-order valence-electron chi connectivity index (χ2n) is 6.74. The van der Waals surface area contributed by atoms with Crippen molar-refractivity contribution < 1.29 is 21.2 Å². The molecule has 0 unspecified atom stereocenters. The molecule has 0 fully saturated rings. The Bertz CT molecular complexity index is 1330. The fourth-order valence-corrected chi connectivity index (χ4v) is 4.83. The lowest BCUT2D eigenvalue weighted by molar-refractivity contribution is 0.0702. The molecule has 7 nitrogen and oxygen atoms in total. The zero-order valence-electron chi connectivity index (χ0n) is 15.6. The van der Waals surface area contributed by atoms with Crippen LogP contribution in [0.4, 0.5) is 0 Å². The van der Waals surface area contributed by atoms with Crippen molar-refractivity contribution >= 4 is 38.3 Å². The summed E-state index contributed by atoms with van der Waals surface area (Å²) in [7, 11) is -3.34. The Kier molecular flexibility index (Phi) is 4.71. The number of nitrogens with zero attached hydrogens (tertiary/aromatic N) is 2. The van der Waals surface area contributed by atoms with E-state index >= 15 is 0 Å². The van der Waals surface area contributed by atoms with Crippen LogP contribution in [-0.2, 0) is 9.84 Å². The van der Waals surface area contributed by atoms with Crippen LogP contribution in [0.15, 0.2) is 53.7 Å². The Morgan fingerprint density at radius 1 is 1.17 bits per heavy atom. The number of nitrogens with one attached hydrogen (secondary N) is 1. The molecule has 29 heavy (non-hydrogen) atoms. The Hall–Kier alpha value is -3.04. The first kappa shape index (κ1) is 19.3. The van der Waals surface area contributed by atoms with E-state index in [0.717, 1.165) is 16.0 Å². The monoisotopic (exact) mass is 431 g/mol. The number of rotatable bonds is 5. The number of carboxylic acid groups (broad SMARTS) is 1. The number of hydrogen-bond donors (Lipinski definition) is 2. The van der Waals surface area contributed by atoms with E-state index in [1.165, 1.54) is 11.3 Å². The van der Waals surface area contributed by atoms with E-state index < -0.39 is 21.1 Å². The number of carbonyl (C=O) groups is 1. The number of H-pyrrole nitrogens is 1. The molecular formula is C20H21N3O4S2. The van der Waals surface area contributed by atoms with Gasteiger partial charge in [-0.05, 0) is 38.1 Å². The molecule has 4 aromatic rings. The van der Waals surface area contributed by atoms with Gasteiger partial charge in [0.1, 0.15) is 10.4 Å². The van der Waals surface area contributed by atoms with Crippen molar-refractivity contribution in [3.8, 4) is 21.7 Å². The molecule has 0 saturated carbocycles. The van der Waals surface area contributed by atoms with Crippen LogP contribution in [0, 0.1) is 0 Å². The molecule has 0 amide bonds. The SMILES string of the molecule is CC(C)S(=O)(=O)c1ccc(-c2cnc3[nH]cc(-c4ccc(C(=O)O)s4)c3n2)cc1.[HH].[HH]. The summed E-state index contributed by atoms with van der Waals surface area (Å²) in [6.45, 7) is 3.30. The molecule has 3 heterocycles. The van der Waals surface area contributed by atoms with Crippen LogP contribution in [0.25, 0.3) is 32.9 Å². The Morgan fingerprint density at radius 3 is 2.52 bits per heavy atom. The van der Waals surface area contributed by atoms with E-state index in [-0.39, 0.29) is 12.6 Å². The topological polar surface area (TPSA) is 113 Å². The molecular weight excluding hydrogens is 410 g/mol. The number of aromatic carboxylic acids is 1. The molecule has 0 bridgehead atoms. The summed E-state index contributed by atoms with van der Waals surface area (Å²) in [5.74, 6) is -0.968. The van der Waals surface area contributed by atoms with Gasteiger partial charge < -0.3 is 10.1 Å². The number of hydrogen-bond acceptors (Lipinski definition) is 6. The van der Waals surface area contributed by atoms with Gasteiger partial charge in [-0.3, -0.25) is 0 Å². The average molecular weight is 432 g/mol. The van der Waals surface area contributed by atoms with Crippen molar-refractivity contribution in [3.05, 3.63) is 53.7 Å². The minimum Gasteiger partial charge on any atom is -0.477 e. The van der Waals surface area contributed by atoms with Gasteiger partial charge in [0.15, 0.2) is 15.5 Å². The highest BCUT2D eigenvalue weighted by Crippen LogP contribution is 2.33. The van der Waals surface area contributed by atoms with Gasteiger partial charge in [-0.1, -0.05) is 12.1 Å². The molecule has 152 valence electrons. The minimum absolute atomic E-state index is 0. The predicted octanol–water partition coefficient (Wildman–Crippen LogP) is 4.73. The van der Waals surface area contributed by atoms with E-state index in [1.807, 2.05) is 0 Å². The maximum absolute atomic E-state index is 12.3. The lowest BCUT2D eigenvalue weighted by Crippen LogP contribution is -2.13. The van der Waals surface area contributed by atoms with Gasteiger partial charge >= 0.3 is 5.97 Å². The van der Waals surface area contributed by atoms with E-state index in [2.05, 4.69) is 15.0 Å². The first-order chi connectivity index (χ1) is 13.8. The van der Waals surface area contributed by atoms with Gasteiger partial charge in [-0.15, -0.1) is 11.3 Å². The van der Waals surface area contributed by atoms with E-state index in [0.29, 0.717) is 16.9 Å². The van der Waals surface area contributed by atoms with Gasteiger partial charge in [0.2, 0.25) is 0 Å². The van der Waals surface area contributed by atoms with Gasteiger partial charge in [0, 0.05) is 25.1 Å². The van der Waals surface area contributed by atoms with Crippen LogP contribution in [0.2, 0.25) is 0 Å². The van der Waals surface area contributed by atoms with Crippen LogP contribution in [0.1, 0.15) is 26.4 Å². The number of sulfone groups is 1. The molecule has 0 aliphatic carbocycles. The van der Waals surface area contributed by atoms with Crippen molar-refractivity contribution in [1.29, 1.82) is 0 Å². The summed E-state index contributed by atoms with van der Waals surface area (Å²) in [6, 6.07) is 9.89. The molecule has 9 heteroatoms. The smallest absolute Gasteiger partial charge is 0.345 e. The number of thiophene rings is 1. The molecule has 2 N–H and O–H groups in total. The molecule has 0 atom stereocenters. The fourth-order valence-electron chi connectivity index (χ4n) is 2.90. The van der Waals surface area contributed by atoms with E-state index in [4.69, 9.17) is 5.11 Å². The molecule has 0 aliphatic heterocycles. The lowest BCUT2D eigenvalue weighted by Gasteiger charge is -2.08. The van der Waals surface area contributed by atoms with E-state index in [1.54, 1.807) is 62.6 Å². The predicted molar refractivity (Wildman–Crippen MR) is 116 cm³/mol. The van der Waals surface area contributed by atoms with Gasteiger partial charge in [-0.25, -0.2) is 23.2 Å². The highest BCUT2D eigenvalue weighted by molar-refractivity contribution is 7.92. The first-order valence-corrected chi connectivity index (χ1v) is 11.2. The van der Waals surface area contributed by atoms with Crippen molar-refractivity contribution in [3.63, 3.8) is 0 Å². The molecule has 3 aromatic heterocycles. The third-order valence-corrected chi connectivity index (χ3v) is 7.84. The van der Waals surface area contributed by atoms with Gasteiger partial charge in [-0.2, -0.15) is 0 Å². The highest BCUT2D eigenvalue weighted by atomic mass is 32.2. The molecule has 0 radical (unpaired) electrons. The van der Waals surface area contributed by atoms with Crippen molar-refractivity contribution in [2.24, 2.45) is 0 Å². The Morgan fingerprint density at radius 2 is 1.90 bits per heavy atom. The second-order valence-corrected chi connectivity index (χ2v) is 10.3. The number of aromatic nitrogens is 3. The molecule has 4 rings (SSSR count). The van der Waals surface area contributed by atoms with Gasteiger partial charge in [0.05, 0.1) is 22.0 Å². The minimum atomic E-state index is -3.34. The largest absolute Gasteiger partial charge is 0.477 e. The summed E-state index contributed by atoms with van der Waals surface area (Å²) < 4.78 is 24.6. The molecule has 1 aromatic carbocycles. The van der Waals surface area contributed by atoms with Crippen molar-refractivity contribution in [2.75, 3.05) is 0 Å². The number of aromatic amines is 1. The standard InChI is InChI=1S/C20H17N3O4S2.2H2/c1-11(2)29(26,27)13-5-3-12(4-6-13)15-10-22-19-18(23-15)14(9-21-19)16-7-8-17(28-16)20(24)25;;/h3-11H,1-2H3,(H,21,22)(H,24,25);2*1H. The zero-order valence-corrected chi connectivity index (χ0v) is 17.2. The maximum atomic E-state index is 12.3. The summed E-state index contributed by atoms with van der Waals surface area (Å²) in [4.78, 5) is 24.6. The second kappa shape index (κ2) is 7.09. The van der Waals surface area contributed by atoms with E-state index in [9.17, 15) is 13.2 Å². The molecule has 0 spiro atoms.